The predicted molar refractivity (Wildman–Crippen MR) is 158 cm³/mol. The first-order valence-electron chi connectivity index (χ1n) is 13.1. The molecule has 9 nitrogen and oxygen atoms in total. The summed E-state index contributed by atoms with van der Waals surface area (Å²) >= 11 is 0. The minimum absolute atomic E-state index is 0.0487. The van der Waals surface area contributed by atoms with E-state index < -0.39 is 10.0 Å². The van der Waals surface area contributed by atoms with Crippen molar-refractivity contribution in [1.82, 2.24) is 24.1 Å². The lowest BCUT2D eigenvalue weighted by Crippen LogP contribution is -2.45. The zero-order valence-corrected chi connectivity index (χ0v) is 23.9. The third-order valence-electron chi connectivity index (χ3n) is 6.94. The number of piperidine rings is 1. The van der Waals surface area contributed by atoms with Crippen LogP contribution in [0.25, 0.3) is 0 Å². The molecule has 2 heterocycles. The Morgan fingerprint density at radius 2 is 1.77 bits per heavy atom. The van der Waals surface area contributed by atoms with E-state index in [1.807, 2.05) is 18.1 Å². The summed E-state index contributed by atoms with van der Waals surface area (Å²) in [6, 6.07) is 13.0. The molecule has 0 atom stereocenters. The average molecular weight is 566 g/mol. The van der Waals surface area contributed by atoms with Crippen LogP contribution in [-0.2, 0) is 10.0 Å². The molecule has 2 aromatic carbocycles. The molecule has 0 aliphatic carbocycles. The summed E-state index contributed by atoms with van der Waals surface area (Å²) in [6.07, 6.45) is 8.96. The highest BCUT2D eigenvalue weighted by Gasteiger charge is 2.30. The molecule has 40 heavy (non-hydrogen) atoms. The first-order valence-corrected chi connectivity index (χ1v) is 14.5. The molecule has 1 aliphatic rings. The molecular formula is C29H36FN7O2S. The topological polar surface area (TPSA) is 93.7 Å². The Hall–Kier alpha value is -3.80. The van der Waals surface area contributed by atoms with Crippen LogP contribution in [0.5, 0.6) is 0 Å². The summed E-state index contributed by atoms with van der Waals surface area (Å²) in [4.78, 5) is 13.1. The molecular weight excluding hydrogens is 529 g/mol. The second kappa shape index (κ2) is 13.0. The van der Waals surface area contributed by atoms with Crippen molar-refractivity contribution in [3.05, 3.63) is 91.2 Å². The molecule has 4 rings (SSSR count). The molecule has 11 heteroatoms. The first kappa shape index (κ1) is 29.2. The monoisotopic (exact) mass is 565 g/mol. The van der Waals surface area contributed by atoms with Crippen molar-refractivity contribution < 1.29 is 12.8 Å². The number of nitrogens with one attached hydrogen (secondary N) is 2. The van der Waals surface area contributed by atoms with Crippen LogP contribution in [0.15, 0.2) is 84.7 Å². The van der Waals surface area contributed by atoms with Gasteiger partial charge in [-0.15, -0.1) is 0 Å². The fourth-order valence-electron chi connectivity index (χ4n) is 4.45. The summed E-state index contributed by atoms with van der Waals surface area (Å²) in [5, 5.41) is 6.24. The first-order chi connectivity index (χ1) is 19.2. The van der Waals surface area contributed by atoms with Crippen LogP contribution < -0.4 is 10.6 Å². The Bertz CT molecular complexity index is 1440. The quantitative estimate of drug-likeness (QED) is 0.332. The summed E-state index contributed by atoms with van der Waals surface area (Å²) < 4.78 is 41.7. The fraction of sp³-hybridized carbons (Fsp3) is 0.310. The van der Waals surface area contributed by atoms with E-state index in [-0.39, 0.29) is 16.8 Å². The highest BCUT2D eigenvalue weighted by molar-refractivity contribution is 7.89. The fourth-order valence-corrected chi connectivity index (χ4v) is 5.87. The molecule has 1 saturated heterocycles. The standard InChI is InChI=1S/C29H36FN7O2S/c1-5-35(3)17-6-18-37-19-14-25(15-20-37)36(4)40(38,39)26-10-7-23(8-11-26)33-29-31-16-13-28(34-29)32-24-9-12-27(30)22(2)21-24/h5-13,16-17,21,25H,1,14-15,18-20H2,2-4H3,(H2,31,32,33,34)/b17-6+. The van der Waals surface area contributed by atoms with E-state index >= 15 is 0 Å². The Labute approximate surface area is 236 Å². The van der Waals surface area contributed by atoms with Crippen LogP contribution in [0, 0.1) is 12.7 Å². The van der Waals surface area contributed by atoms with E-state index in [0.29, 0.717) is 28.7 Å². The Morgan fingerprint density at radius 3 is 2.45 bits per heavy atom. The molecule has 0 amide bonds. The third kappa shape index (κ3) is 7.44. The number of halogens is 1. The average Bonchev–Trinajstić information content (AvgIpc) is 2.95. The van der Waals surface area contributed by atoms with Gasteiger partial charge in [-0.05, 0) is 93.1 Å². The van der Waals surface area contributed by atoms with Crippen LogP contribution in [0.4, 0.5) is 27.5 Å². The van der Waals surface area contributed by atoms with Gasteiger partial charge < -0.3 is 15.5 Å². The van der Waals surface area contributed by atoms with Gasteiger partial charge in [0.25, 0.3) is 0 Å². The van der Waals surface area contributed by atoms with Crippen LogP contribution in [0.3, 0.4) is 0 Å². The van der Waals surface area contributed by atoms with Gasteiger partial charge in [0.2, 0.25) is 16.0 Å². The second-order valence-corrected chi connectivity index (χ2v) is 11.8. The van der Waals surface area contributed by atoms with Crippen LogP contribution in [0.2, 0.25) is 0 Å². The Morgan fingerprint density at radius 1 is 1.07 bits per heavy atom. The van der Waals surface area contributed by atoms with Gasteiger partial charge in [-0.1, -0.05) is 12.7 Å². The van der Waals surface area contributed by atoms with Crippen molar-refractivity contribution in [2.75, 3.05) is 44.4 Å². The number of aromatic nitrogens is 2. The molecule has 0 saturated carbocycles. The van der Waals surface area contributed by atoms with E-state index in [1.165, 1.54) is 10.4 Å². The molecule has 2 N–H and O–H groups in total. The second-order valence-electron chi connectivity index (χ2n) is 9.79. The zero-order valence-electron chi connectivity index (χ0n) is 23.1. The van der Waals surface area contributed by atoms with Crippen molar-refractivity contribution in [1.29, 1.82) is 0 Å². The number of nitrogens with zero attached hydrogens (tertiary/aromatic N) is 5. The minimum atomic E-state index is -3.64. The van der Waals surface area contributed by atoms with E-state index in [9.17, 15) is 12.8 Å². The normalized spacial score (nSPS) is 14.9. The third-order valence-corrected chi connectivity index (χ3v) is 8.86. The molecule has 0 bridgehead atoms. The number of rotatable bonds is 11. The van der Waals surface area contributed by atoms with Gasteiger partial charge in [0.05, 0.1) is 4.90 Å². The summed E-state index contributed by atoms with van der Waals surface area (Å²) in [5.41, 5.74) is 1.89. The van der Waals surface area contributed by atoms with Gasteiger partial charge in [0, 0.05) is 50.5 Å². The summed E-state index contributed by atoms with van der Waals surface area (Å²) in [6.45, 7) is 7.92. The molecule has 3 aromatic rings. The lowest BCUT2D eigenvalue weighted by molar-refractivity contribution is 0.183. The van der Waals surface area contributed by atoms with Gasteiger partial charge in [-0.25, -0.2) is 17.8 Å². The molecule has 0 spiro atoms. The molecule has 0 unspecified atom stereocenters. The minimum Gasteiger partial charge on any atom is -0.358 e. The molecule has 1 fully saturated rings. The van der Waals surface area contributed by atoms with Crippen molar-refractivity contribution >= 4 is 33.2 Å². The maximum atomic E-state index is 13.6. The Kier molecular flexibility index (Phi) is 9.51. The molecule has 212 valence electrons. The number of hydrogen-bond acceptors (Lipinski definition) is 8. The summed E-state index contributed by atoms with van der Waals surface area (Å²) in [5.74, 6) is 0.610. The zero-order chi connectivity index (χ0) is 28.7. The van der Waals surface area contributed by atoms with Crippen LogP contribution >= 0.6 is 0 Å². The number of sulfonamides is 1. The maximum Gasteiger partial charge on any atom is 0.243 e. The maximum absolute atomic E-state index is 13.6. The van der Waals surface area contributed by atoms with Gasteiger partial charge >= 0.3 is 0 Å². The van der Waals surface area contributed by atoms with Crippen LogP contribution in [-0.4, -0.2) is 72.3 Å². The van der Waals surface area contributed by atoms with Gasteiger partial charge in [-0.3, -0.25) is 4.90 Å². The Balaban J connectivity index is 1.34. The van der Waals surface area contributed by atoms with Gasteiger partial charge in [-0.2, -0.15) is 9.29 Å². The van der Waals surface area contributed by atoms with Gasteiger partial charge in [0.1, 0.15) is 11.6 Å². The summed E-state index contributed by atoms with van der Waals surface area (Å²) in [7, 11) is -0.0453. The smallest absolute Gasteiger partial charge is 0.243 e. The SMILES string of the molecule is C=CN(C)/C=C/CN1CCC(N(C)S(=O)(=O)c2ccc(Nc3nccc(Nc4ccc(F)c(C)c4)n3)cc2)CC1. The molecule has 1 aliphatic heterocycles. The predicted octanol–water partition coefficient (Wildman–Crippen LogP) is 5.09. The molecule has 0 radical (unpaired) electrons. The molecule has 1 aromatic heterocycles. The van der Waals surface area contributed by atoms with Gasteiger partial charge in [0.15, 0.2) is 0 Å². The van der Waals surface area contributed by atoms with E-state index in [2.05, 4.69) is 38.2 Å². The van der Waals surface area contributed by atoms with Crippen molar-refractivity contribution in [2.45, 2.75) is 30.7 Å². The number of likely N-dealkylation sites (tertiary alicyclic amines) is 1. The number of benzene rings is 2. The van der Waals surface area contributed by atoms with Crippen LogP contribution in [0.1, 0.15) is 18.4 Å². The highest BCUT2D eigenvalue weighted by atomic mass is 32.2. The highest BCUT2D eigenvalue weighted by Crippen LogP contribution is 2.25. The van der Waals surface area contributed by atoms with E-state index in [4.69, 9.17) is 0 Å². The number of anilines is 4. The van der Waals surface area contributed by atoms with E-state index in [1.54, 1.807) is 68.8 Å². The van der Waals surface area contributed by atoms with Crippen molar-refractivity contribution in [2.24, 2.45) is 0 Å². The largest absolute Gasteiger partial charge is 0.358 e. The van der Waals surface area contributed by atoms with E-state index in [0.717, 1.165) is 32.5 Å². The number of aryl methyl sites for hydroxylation is 1. The number of hydrogen-bond donors (Lipinski definition) is 2. The van der Waals surface area contributed by atoms with Crippen molar-refractivity contribution in [3.8, 4) is 0 Å². The lowest BCUT2D eigenvalue weighted by Gasteiger charge is -2.35. The lowest BCUT2D eigenvalue weighted by atomic mass is 10.1. The van der Waals surface area contributed by atoms with Crippen molar-refractivity contribution in [3.63, 3.8) is 0 Å².